The summed E-state index contributed by atoms with van der Waals surface area (Å²) in [5, 5.41) is 1.65. The zero-order valence-corrected chi connectivity index (χ0v) is 12.1. The molecule has 1 aromatic carbocycles. The lowest BCUT2D eigenvalue weighted by Gasteiger charge is -2.26. The summed E-state index contributed by atoms with van der Waals surface area (Å²) in [6.45, 7) is 1.02. The van der Waals surface area contributed by atoms with Crippen molar-refractivity contribution in [3.05, 3.63) is 24.3 Å². The van der Waals surface area contributed by atoms with Crippen LogP contribution in [0.3, 0.4) is 0 Å². The Balaban J connectivity index is 2.13. The summed E-state index contributed by atoms with van der Waals surface area (Å²) in [6, 6.07) is 4.52. The van der Waals surface area contributed by atoms with Crippen LogP contribution in [-0.4, -0.2) is 51.1 Å². The molecular formula is C12H13F3N2O4S. The first-order valence-electron chi connectivity index (χ1n) is 6.27. The van der Waals surface area contributed by atoms with Gasteiger partial charge >= 0.3 is 12.1 Å². The molecule has 0 radical (unpaired) electrons. The maximum Gasteiger partial charge on any atom is 0.471 e. The van der Waals surface area contributed by atoms with Crippen molar-refractivity contribution in [1.82, 2.24) is 4.31 Å². The van der Waals surface area contributed by atoms with Crippen molar-refractivity contribution in [2.24, 2.45) is 0 Å². The molecule has 0 unspecified atom stereocenters. The minimum absolute atomic E-state index is 0.0561. The molecule has 1 aliphatic heterocycles. The standard InChI is InChI=1S/C12H13F3N2O4S/c13-12(14,15)11(18)16-9-1-3-10(4-2-9)22(19,20)17-5-7-21-8-6-17/h1-4H,5-8H2,(H,16,18). The molecule has 0 bridgehead atoms. The van der Waals surface area contributed by atoms with E-state index < -0.39 is 22.1 Å². The second-order valence-corrected chi connectivity index (χ2v) is 6.43. The van der Waals surface area contributed by atoms with Gasteiger partial charge < -0.3 is 10.1 Å². The second-order valence-electron chi connectivity index (χ2n) is 4.49. The van der Waals surface area contributed by atoms with Gasteiger partial charge in [0.2, 0.25) is 10.0 Å². The van der Waals surface area contributed by atoms with Gasteiger partial charge in [-0.25, -0.2) is 8.42 Å². The first-order chi connectivity index (χ1) is 10.2. The fraction of sp³-hybridized carbons (Fsp3) is 0.417. The third-order valence-corrected chi connectivity index (χ3v) is 4.89. The Morgan fingerprint density at radius 2 is 1.68 bits per heavy atom. The normalized spacial score (nSPS) is 17.2. The molecule has 0 atom stereocenters. The van der Waals surface area contributed by atoms with Crippen molar-refractivity contribution in [3.8, 4) is 0 Å². The van der Waals surface area contributed by atoms with Gasteiger partial charge in [-0.2, -0.15) is 17.5 Å². The molecule has 22 heavy (non-hydrogen) atoms. The molecule has 0 aromatic heterocycles. The summed E-state index contributed by atoms with van der Waals surface area (Å²) >= 11 is 0. The van der Waals surface area contributed by atoms with Crippen molar-refractivity contribution in [2.75, 3.05) is 31.6 Å². The number of alkyl halides is 3. The molecule has 10 heteroatoms. The summed E-state index contributed by atoms with van der Waals surface area (Å²) < 4.78 is 67.2. The Morgan fingerprint density at radius 3 is 2.18 bits per heavy atom. The lowest BCUT2D eigenvalue weighted by Crippen LogP contribution is -2.40. The summed E-state index contributed by atoms with van der Waals surface area (Å²) in [5.41, 5.74) is -0.136. The number of benzene rings is 1. The van der Waals surface area contributed by atoms with Crippen LogP contribution in [0.2, 0.25) is 0 Å². The highest BCUT2D eigenvalue weighted by Crippen LogP contribution is 2.21. The number of ether oxygens (including phenoxy) is 1. The van der Waals surface area contributed by atoms with Gasteiger partial charge in [0.15, 0.2) is 0 Å². The third-order valence-electron chi connectivity index (χ3n) is 2.98. The Bertz CT molecular complexity index is 637. The van der Waals surface area contributed by atoms with Gasteiger partial charge in [0.25, 0.3) is 0 Å². The van der Waals surface area contributed by atoms with E-state index in [9.17, 15) is 26.4 Å². The molecular weight excluding hydrogens is 325 g/mol. The minimum atomic E-state index is -5.00. The van der Waals surface area contributed by atoms with E-state index in [0.717, 1.165) is 24.3 Å². The molecule has 1 aliphatic rings. The number of nitrogens with zero attached hydrogens (tertiary/aromatic N) is 1. The SMILES string of the molecule is O=C(Nc1ccc(S(=O)(=O)N2CCOCC2)cc1)C(F)(F)F. The minimum Gasteiger partial charge on any atom is -0.379 e. The van der Waals surface area contributed by atoms with E-state index in [-0.39, 0.29) is 23.7 Å². The highest BCUT2D eigenvalue weighted by Gasteiger charge is 2.38. The van der Waals surface area contributed by atoms with Gasteiger partial charge in [0.1, 0.15) is 0 Å². The van der Waals surface area contributed by atoms with Crippen LogP contribution in [0, 0.1) is 0 Å². The highest BCUT2D eigenvalue weighted by atomic mass is 32.2. The predicted molar refractivity (Wildman–Crippen MR) is 70.7 cm³/mol. The molecule has 1 N–H and O–H groups in total. The third kappa shape index (κ3) is 3.76. The van der Waals surface area contributed by atoms with E-state index >= 15 is 0 Å². The molecule has 1 amide bonds. The van der Waals surface area contributed by atoms with Gasteiger partial charge in [0.05, 0.1) is 18.1 Å². The fourth-order valence-electron chi connectivity index (χ4n) is 1.85. The second kappa shape index (κ2) is 6.23. The van der Waals surface area contributed by atoms with Crippen molar-refractivity contribution >= 4 is 21.6 Å². The lowest BCUT2D eigenvalue weighted by molar-refractivity contribution is -0.167. The number of carbonyl (C=O) groups excluding carboxylic acids is 1. The van der Waals surface area contributed by atoms with Gasteiger partial charge in [-0.1, -0.05) is 0 Å². The van der Waals surface area contributed by atoms with Crippen molar-refractivity contribution < 1.29 is 31.1 Å². The number of halogens is 3. The number of sulfonamides is 1. The van der Waals surface area contributed by atoms with Crippen LogP contribution >= 0.6 is 0 Å². The van der Waals surface area contributed by atoms with E-state index in [4.69, 9.17) is 4.74 Å². The molecule has 122 valence electrons. The quantitative estimate of drug-likeness (QED) is 0.899. The maximum absolute atomic E-state index is 12.3. The molecule has 1 fully saturated rings. The first-order valence-corrected chi connectivity index (χ1v) is 7.71. The number of carbonyl (C=O) groups is 1. The van der Waals surface area contributed by atoms with Gasteiger partial charge in [-0.15, -0.1) is 0 Å². The summed E-state index contributed by atoms with van der Waals surface area (Å²) in [4.78, 5) is 10.7. The summed E-state index contributed by atoms with van der Waals surface area (Å²) in [7, 11) is -3.72. The molecule has 0 spiro atoms. The Labute approximate surface area is 124 Å². The zero-order valence-electron chi connectivity index (χ0n) is 11.3. The first kappa shape index (κ1) is 16.7. The van der Waals surface area contributed by atoms with Crippen LogP contribution in [0.1, 0.15) is 0 Å². The number of hydrogen-bond donors (Lipinski definition) is 1. The number of rotatable bonds is 3. The molecule has 2 rings (SSSR count). The lowest BCUT2D eigenvalue weighted by atomic mass is 10.3. The van der Waals surface area contributed by atoms with E-state index in [1.165, 1.54) is 4.31 Å². The van der Waals surface area contributed by atoms with E-state index in [0.29, 0.717) is 13.2 Å². The van der Waals surface area contributed by atoms with Crippen molar-refractivity contribution in [1.29, 1.82) is 0 Å². The van der Waals surface area contributed by atoms with Gasteiger partial charge in [0, 0.05) is 18.8 Å². The van der Waals surface area contributed by atoms with Crippen LogP contribution < -0.4 is 5.32 Å². The summed E-state index contributed by atoms with van der Waals surface area (Å²) in [6.07, 6.45) is -5.00. The monoisotopic (exact) mass is 338 g/mol. The van der Waals surface area contributed by atoms with E-state index in [1.54, 1.807) is 5.32 Å². The average molecular weight is 338 g/mol. The Morgan fingerprint density at radius 1 is 1.14 bits per heavy atom. The van der Waals surface area contributed by atoms with Gasteiger partial charge in [-0.3, -0.25) is 4.79 Å². The Hall–Kier alpha value is -1.65. The van der Waals surface area contributed by atoms with Crippen LogP contribution in [0.15, 0.2) is 29.2 Å². The fourth-order valence-corrected chi connectivity index (χ4v) is 3.26. The Kier molecular flexibility index (Phi) is 4.73. The van der Waals surface area contributed by atoms with E-state index in [2.05, 4.69) is 0 Å². The highest BCUT2D eigenvalue weighted by molar-refractivity contribution is 7.89. The smallest absolute Gasteiger partial charge is 0.379 e. The predicted octanol–water partition coefficient (Wildman–Crippen LogP) is 1.21. The van der Waals surface area contributed by atoms with Crippen LogP contribution in [0.4, 0.5) is 18.9 Å². The molecule has 0 aliphatic carbocycles. The zero-order chi connectivity index (χ0) is 16.4. The van der Waals surface area contributed by atoms with Crippen molar-refractivity contribution in [2.45, 2.75) is 11.1 Å². The van der Waals surface area contributed by atoms with Crippen molar-refractivity contribution in [3.63, 3.8) is 0 Å². The van der Waals surface area contributed by atoms with Crippen LogP contribution in [-0.2, 0) is 19.6 Å². The summed E-state index contributed by atoms with van der Waals surface area (Å²) in [5.74, 6) is -2.11. The largest absolute Gasteiger partial charge is 0.471 e. The number of hydrogen-bond acceptors (Lipinski definition) is 4. The van der Waals surface area contributed by atoms with Crippen LogP contribution in [0.25, 0.3) is 0 Å². The topological polar surface area (TPSA) is 75.7 Å². The molecule has 1 heterocycles. The molecule has 1 aromatic rings. The molecule has 0 saturated carbocycles. The number of anilines is 1. The maximum atomic E-state index is 12.3. The number of nitrogens with one attached hydrogen (secondary N) is 1. The van der Waals surface area contributed by atoms with E-state index in [1.807, 2.05) is 0 Å². The molecule has 1 saturated heterocycles. The molecule has 6 nitrogen and oxygen atoms in total. The number of amides is 1. The van der Waals surface area contributed by atoms with Gasteiger partial charge in [-0.05, 0) is 24.3 Å². The number of morpholine rings is 1. The average Bonchev–Trinajstić information content (AvgIpc) is 2.48. The van der Waals surface area contributed by atoms with Crippen LogP contribution in [0.5, 0.6) is 0 Å².